The van der Waals surface area contributed by atoms with E-state index in [1.165, 1.54) is 12.1 Å². The van der Waals surface area contributed by atoms with Gasteiger partial charge in [-0.25, -0.2) is 0 Å². The third kappa shape index (κ3) is 2.44. The number of nitrogens with zero attached hydrogens (tertiary/aromatic N) is 1. The maximum Gasteiger partial charge on any atom is 0.418 e. The van der Waals surface area contributed by atoms with Crippen LogP contribution in [0.1, 0.15) is 18.9 Å². The lowest BCUT2D eigenvalue weighted by Gasteiger charge is -2.29. The van der Waals surface area contributed by atoms with E-state index < -0.39 is 11.7 Å². The second kappa shape index (κ2) is 5.00. The van der Waals surface area contributed by atoms with Crippen molar-refractivity contribution in [3.63, 3.8) is 0 Å². The number of hydrogen-bond acceptors (Lipinski definition) is 1. The van der Waals surface area contributed by atoms with Crippen molar-refractivity contribution in [3.8, 4) is 0 Å². The Morgan fingerprint density at radius 3 is 2.61 bits per heavy atom. The first kappa shape index (κ1) is 13.5. The molecule has 0 spiro atoms. The highest BCUT2D eigenvalue weighted by Gasteiger charge is 2.38. The van der Waals surface area contributed by atoms with Crippen molar-refractivity contribution >= 4 is 17.3 Å². The molecule has 1 heterocycles. The summed E-state index contributed by atoms with van der Waals surface area (Å²) in [5.74, 6) is 0.677. The van der Waals surface area contributed by atoms with Gasteiger partial charge in [-0.3, -0.25) is 0 Å². The lowest BCUT2D eigenvalue weighted by molar-refractivity contribution is -0.137. The number of anilines is 1. The molecule has 0 aromatic heterocycles. The Balaban J connectivity index is 2.39. The smallest absolute Gasteiger partial charge is 0.367 e. The minimum Gasteiger partial charge on any atom is -0.367 e. The van der Waals surface area contributed by atoms with E-state index in [1.54, 1.807) is 11.0 Å². The standard InChI is InChI=1S/C13H15ClF3N/c1-9-6-7-18(12(9)8-14)11-5-3-2-4-10(11)13(15,16)17/h2-5,9,12H,6-8H2,1H3. The maximum atomic E-state index is 13.0. The molecular formula is C13H15ClF3N. The van der Waals surface area contributed by atoms with Crippen LogP contribution in [0.15, 0.2) is 24.3 Å². The van der Waals surface area contributed by atoms with Crippen LogP contribution in [0, 0.1) is 5.92 Å². The number of alkyl halides is 4. The average molecular weight is 278 g/mol. The monoisotopic (exact) mass is 277 g/mol. The van der Waals surface area contributed by atoms with Gasteiger partial charge >= 0.3 is 6.18 Å². The van der Waals surface area contributed by atoms with Crippen molar-refractivity contribution < 1.29 is 13.2 Å². The lowest BCUT2D eigenvalue weighted by Crippen LogP contribution is -2.35. The molecule has 1 aliphatic rings. The summed E-state index contributed by atoms with van der Waals surface area (Å²) in [5.41, 5.74) is -0.325. The molecule has 1 aromatic rings. The fourth-order valence-electron chi connectivity index (χ4n) is 2.51. The molecule has 1 saturated heterocycles. The third-order valence-electron chi connectivity index (χ3n) is 3.56. The molecule has 1 aromatic carbocycles. The summed E-state index contributed by atoms with van der Waals surface area (Å²) < 4.78 is 38.9. The Kier molecular flexibility index (Phi) is 3.76. The number of hydrogen-bond donors (Lipinski definition) is 0. The van der Waals surface area contributed by atoms with Gasteiger partial charge in [-0.2, -0.15) is 13.2 Å². The van der Waals surface area contributed by atoms with Crippen molar-refractivity contribution in [1.82, 2.24) is 0 Å². The summed E-state index contributed by atoms with van der Waals surface area (Å²) in [6.45, 7) is 2.66. The fourth-order valence-corrected chi connectivity index (χ4v) is 2.98. The van der Waals surface area contributed by atoms with E-state index in [0.29, 0.717) is 18.3 Å². The largest absolute Gasteiger partial charge is 0.418 e. The molecule has 1 aliphatic heterocycles. The minimum atomic E-state index is -4.32. The van der Waals surface area contributed by atoms with Gasteiger partial charge in [0.1, 0.15) is 0 Å². The second-order valence-electron chi connectivity index (χ2n) is 4.70. The fraction of sp³-hybridized carbons (Fsp3) is 0.538. The van der Waals surface area contributed by atoms with E-state index in [-0.39, 0.29) is 11.7 Å². The van der Waals surface area contributed by atoms with Crippen LogP contribution in [0.4, 0.5) is 18.9 Å². The molecule has 0 N–H and O–H groups in total. The maximum absolute atomic E-state index is 13.0. The van der Waals surface area contributed by atoms with Crippen molar-refractivity contribution in [3.05, 3.63) is 29.8 Å². The van der Waals surface area contributed by atoms with Crippen molar-refractivity contribution in [1.29, 1.82) is 0 Å². The van der Waals surface area contributed by atoms with E-state index in [4.69, 9.17) is 11.6 Å². The molecule has 1 fully saturated rings. The van der Waals surface area contributed by atoms with E-state index >= 15 is 0 Å². The molecule has 2 rings (SSSR count). The molecule has 0 aliphatic carbocycles. The van der Waals surface area contributed by atoms with Gasteiger partial charge in [0.15, 0.2) is 0 Å². The molecule has 2 atom stereocenters. The van der Waals surface area contributed by atoms with Gasteiger partial charge in [0, 0.05) is 24.2 Å². The zero-order valence-electron chi connectivity index (χ0n) is 10.0. The van der Waals surface area contributed by atoms with E-state index in [0.717, 1.165) is 12.5 Å². The number of rotatable bonds is 2. The van der Waals surface area contributed by atoms with E-state index in [1.807, 2.05) is 6.92 Å². The summed E-state index contributed by atoms with van der Waals surface area (Å²) >= 11 is 5.89. The van der Waals surface area contributed by atoms with E-state index in [2.05, 4.69) is 0 Å². The van der Waals surface area contributed by atoms with Crippen LogP contribution in [0.3, 0.4) is 0 Å². The first-order valence-electron chi connectivity index (χ1n) is 5.94. The molecule has 18 heavy (non-hydrogen) atoms. The van der Waals surface area contributed by atoms with Gasteiger partial charge in [0.25, 0.3) is 0 Å². The van der Waals surface area contributed by atoms with E-state index in [9.17, 15) is 13.2 Å². The molecule has 0 bridgehead atoms. The minimum absolute atomic E-state index is 0.0184. The summed E-state index contributed by atoms with van der Waals surface area (Å²) in [4.78, 5) is 1.79. The number of para-hydroxylation sites is 1. The van der Waals surface area contributed by atoms with Gasteiger partial charge in [0.05, 0.1) is 5.56 Å². The van der Waals surface area contributed by atoms with Crippen molar-refractivity contribution in [2.75, 3.05) is 17.3 Å². The van der Waals surface area contributed by atoms with Gasteiger partial charge in [-0.05, 0) is 24.5 Å². The Morgan fingerprint density at radius 1 is 1.33 bits per heavy atom. The highest BCUT2D eigenvalue weighted by Crippen LogP contribution is 2.40. The second-order valence-corrected chi connectivity index (χ2v) is 5.00. The molecule has 0 amide bonds. The van der Waals surface area contributed by atoms with Crippen LogP contribution in [0.2, 0.25) is 0 Å². The van der Waals surface area contributed by atoms with Crippen LogP contribution in [-0.4, -0.2) is 18.5 Å². The normalized spacial score (nSPS) is 24.6. The predicted molar refractivity (Wildman–Crippen MR) is 67.1 cm³/mol. The Morgan fingerprint density at radius 2 is 2.00 bits per heavy atom. The van der Waals surface area contributed by atoms with Crippen molar-refractivity contribution in [2.45, 2.75) is 25.6 Å². The quantitative estimate of drug-likeness (QED) is 0.734. The Labute approximate surface area is 110 Å². The van der Waals surface area contributed by atoms with Crippen LogP contribution in [0.5, 0.6) is 0 Å². The SMILES string of the molecule is CC1CCN(c2ccccc2C(F)(F)F)C1CCl. The molecule has 0 radical (unpaired) electrons. The number of halogens is 4. The van der Waals surface area contributed by atoms with Crippen LogP contribution in [-0.2, 0) is 6.18 Å². The topological polar surface area (TPSA) is 3.24 Å². The molecule has 2 unspecified atom stereocenters. The predicted octanol–water partition coefficient (Wildman–Crippen LogP) is 4.16. The summed E-state index contributed by atoms with van der Waals surface area (Å²) in [7, 11) is 0. The molecular weight excluding hydrogens is 263 g/mol. The zero-order chi connectivity index (χ0) is 13.3. The highest BCUT2D eigenvalue weighted by molar-refractivity contribution is 6.18. The van der Waals surface area contributed by atoms with Crippen molar-refractivity contribution in [2.24, 2.45) is 5.92 Å². The van der Waals surface area contributed by atoms with Crippen LogP contribution >= 0.6 is 11.6 Å². The summed E-state index contributed by atoms with van der Waals surface area (Å²) in [6, 6.07) is 5.69. The van der Waals surface area contributed by atoms with Gasteiger partial charge < -0.3 is 4.90 Å². The summed E-state index contributed by atoms with van der Waals surface area (Å²) in [6.07, 6.45) is -3.44. The summed E-state index contributed by atoms with van der Waals surface area (Å²) in [5, 5.41) is 0. The van der Waals surface area contributed by atoms with Crippen LogP contribution < -0.4 is 4.90 Å². The first-order chi connectivity index (χ1) is 8.45. The Hall–Kier alpha value is -0.900. The molecule has 0 saturated carbocycles. The number of benzene rings is 1. The first-order valence-corrected chi connectivity index (χ1v) is 6.47. The van der Waals surface area contributed by atoms with Gasteiger partial charge in [-0.1, -0.05) is 19.1 Å². The van der Waals surface area contributed by atoms with Gasteiger partial charge in [-0.15, -0.1) is 11.6 Å². The lowest BCUT2D eigenvalue weighted by atomic mass is 10.0. The molecule has 5 heteroatoms. The molecule has 1 nitrogen and oxygen atoms in total. The van der Waals surface area contributed by atoms with Gasteiger partial charge in [0.2, 0.25) is 0 Å². The average Bonchev–Trinajstić information content (AvgIpc) is 2.69. The molecule has 100 valence electrons. The third-order valence-corrected chi connectivity index (χ3v) is 3.88. The van der Waals surface area contributed by atoms with Crippen LogP contribution in [0.25, 0.3) is 0 Å². The zero-order valence-corrected chi connectivity index (χ0v) is 10.8. The highest BCUT2D eigenvalue weighted by atomic mass is 35.5. The Bertz CT molecular complexity index is 419.